The number of nitriles is 1. The molecule has 2 aromatic rings. The fourth-order valence-corrected chi connectivity index (χ4v) is 2.41. The molecule has 0 bridgehead atoms. The summed E-state index contributed by atoms with van der Waals surface area (Å²) in [5.74, 6) is 1.63. The van der Waals surface area contributed by atoms with Crippen molar-refractivity contribution in [3.05, 3.63) is 35.9 Å². The first-order chi connectivity index (χ1) is 9.31. The Morgan fingerprint density at radius 2 is 2.16 bits per heavy atom. The molecule has 0 aliphatic heterocycles. The first-order valence-corrected chi connectivity index (χ1v) is 6.86. The summed E-state index contributed by atoms with van der Waals surface area (Å²) in [4.78, 5) is 6.94. The van der Waals surface area contributed by atoms with E-state index in [0.29, 0.717) is 5.56 Å². The molecule has 0 atom stereocenters. The topological polar surface area (TPSA) is 39.9 Å². The first-order valence-electron chi connectivity index (χ1n) is 6.86. The van der Waals surface area contributed by atoms with Crippen molar-refractivity contribution in [2.45, 2.75) is 19.8 Å². The van der Waals surface area contributed by atoms with Gasteiger partial charge in [-0.25, -0.2) is 4.98 Å². The average molecular weight is 251 g/mol. The van der Waals surface area contributed by atoms with Crippen molar-refractivity contribution >= 4 is 16.7 Å². The SMILES string of the molecule is CCN(CC1CC1)c1nc2ccccc2cc1C#N. The molecule has 3 heteroatoms. The second-order valence-electron chi connectivity index (χ2n) is 5.15. The molecular formula is C16H17N3. The van der Waals surface area contributed by atoms with E-state index in [1.54, 1.807) is 0 Å². The maximum atomic E-state index is 9.36. The van der Waals surface area contributed by atoms with Crippen LogP contribution in [-0.4, -0.2) is 18.1 Å². The number of pyridine rings is 1. The van der Waals surface area contributed by atoms with Gasteiger partial charge < -0.3 is 4.90 Å². The van der Waals surface area contributed by atoms with E-state index < -0.39 is 0 Å². The van der Waals surface area contributed by atoms with E-state index in [2.05, 4.69) is 17.9 Å². The molecule has 0 saturated heterocycles. The minimum Gasteiger partial charge on any atom is -0.356 e. The highest BCUT2D eigenvalue weighted by atomic mass is 15.2. The van der Waals surface area contributed by atoms with Crippen LogP contribution in [0.2, 0.25) is 0 Å². The van der Waals surface area contributed by atoms with Crippen molar-refractivity contribution in [3.63, 3.8) is 0 Å². The van der Waals surface area contributed by atoms with Gasteiger partial charge in [0.05, 0.1) is 11.1 Å². The van der Waals surface area contributed by atoms with Crippen LogP contribution in [0.5, 0.6) is 0 Å². The van der Waals surface area contributed by atoms with Crippen molar-refractivity contribution in [3.8, 4) is 6.07 Å². The Labute approximate surface area is 113 Å². The lowest BCUT2D eigenvalue weighted by molar-refractivity contribution is 0.732. The van der Waals surface area contributed by atoms with Gasteiger partial charge in [-0.15, -0.1) is 0 Å². The molecule has 0 amide bonds. The van der Waals surface area contributed by atoms with E-state index in [1.807, 2.05) is 30.3 Å². The van der Waals surface area contributed by atoms with E-state index >= 15 is 0 Å². The summed E-state index contributed by atoms with van der Waals surface area (Å²) in [6.45, 7) is 4.05. The number of anilines is 1. The van der Waals surface area contributed by atoms with Crippen molar-refractivity contribution in [2.75, 3.05) is 18.0 Å². The van der Waals surface area contributed by atoms with Gasteiger partial charge in [0.2, 0.25) is 0 Å². The molecule has 1 aliphatic rings. The zero-order valence-electron chi connectivity index (χ0n) is 11.1. The van der Waals surface area contributed by atoms with Crippen LogP contribution in [0.4, 0.5) is 5.82 Å². The van der Waals surface area contributed by atoms with Gasteiger partial charge in [0.25, 0.3) is 0 Å². The summed E-state index contributed by atoms with van der Waals surface area (Å²) in [5.41, 5.74) is 1.65. The number of para-hydroxylation sites is 1. The minimum absolute atomic E-state index is 0.682. The highest BCUT2D eigenvalue weighted by Crippen LogP contribution is 2.32. The standard InChI is InChI=1S/C16H17N3/c1-2-19(11-12-7-8-12)16-14(10-17)9-13-5-3-4-6-15(13)18-16/h3-6,9,12H,2,7-8,11H2,1H3. The highest BCUT2D eigenvalue weighted by Gasteiger charge is 2.25. The number of benzene rings is 1. The molecular weight excluding hydrogens is 234 g/mol. The Kier molecular flexibility index (Phi) is 3.08. The van der Waals surface area contributed by atoms with Gasteiger partial charge in [0.1, 0.15) is 11.9 Å². The summed E-state index contributed by atoms with van der Waals surface area (Å²) in [5, 5.41) is 10.4. The van der Waals surface area contributed by atoms with Crippen molar-refractivity contribution < 1.29 is 0 Å². The molecule has 0 radical (unpaired) electrons. The molecule has 1 saturated carbocycles. The van der Waals surface area contributed by atoms with Crippen molar-refractivity contribution in [2.24, 2.45) is 5.92 Å². The van der Waals surface area contributed by atoms with Crippen molar-refractivity contribution in [1.29, 1.82) is 5.26 Å². The fraction of sp³-hybridized carbons (Fsp3) is 0.375. The van der Waals surface area contributed by atoms with Gasteiger partial charge in [-0.3, -0.25) is 0 Å². The van der Waals surface area contributed by atoms with Gasteiger partial charge in [-0.2, -0.15) is 5.26 Å². The number of fused-ring (bicyclic) bond motifs is 1. The van der Waals surface area contributed by atoms with Crippen LogP contribution in [0.25, 0.3) is 10.9 Å². The Morgan fingerprint density at radius 3 is 2.84 bits per heavy atom. The monoisotopic (exact) mass is 251 g/mol. The van der Waals surface area contributed by atoms with E-state index in [9.17, 15) is 5.26 Å². The normalized spacial score (nSPS) is 14.3. The second-order valence-corrected chi connectivity index (χ2v) is 5.15. The lowest BCUT2D eigenvalue weighted by Crippen LogP contribution is -2.27. The fourth-order valence-electron chi connectivity index (χ4n) is 2.41. The molecule has 0 unspecified atom stereocenters. The summed E-state index contributed by atoms with van der Waals surface area (Å²) in [6.07, 6.45) is 2.62. The predicted molar refractivity (Wildman–Crippen MR) is 77.1 cm³/mol. The summed E-state index contributed by atoms with van der Waals surface area (Å²) in [6, 6.07) is 12.2. The van der Waals surface area contributed by atoms with Gasteiger partial charge in [0, 0.05) is 18.5 Å². The molecule has 0 spiro atoms. The first kappa shape index (κ1) is 12.0. The molecule has 0 N–H and O–H groups in total. The summed E-state index contributed by atoms with van der Waals surface area (Å²) in [7, 11) is 0. The molecule has 3 nitrogen and oxygen atoms in total. The number of aromatic nitrogens is 1. The molecule has 96 valence electrons. The zero-order valence-corrected chi connectivity index (χ0v) is 11.1. The second kappa shape index (κ2) is 4.89. The molecule has 1 heterocycles. The molecule has 3 rings (SSSR count). The third-order valence-electron chi connectivity index (χ3n) is 3.68. The van der Waals surface area contributed by atoms with Crippen LogP contribution < -0.4 is 4.90 Å². The van der Waals surface area contributed by atoms with Crippen LogP contribution in [-0.2, 0) is 0 Å². The van der Waals surface area contributed by atoms with Crippen LogP contribution >= 0.6 is 0 Å². The third-order valence-corrected chi connectivity index (χ3v) is 3.68. The predicted octanol–water partition coefficient (Wildman–Crippen LogP) is 3.34. The summed E-state index contributed by atoms with van der Waals surface area (Å²) < 4.78 is 0. The Hall–Kier alpha value is -2.08. The maximum absolute atomic E-state index is 9.36. The van der Waals surface area contributed by atoms with Gasteiger partial charge >= 0.3 is 0 Å². The number of hydrogen-bond acceptors (Lipinski definition) is 3. The largest absolute Gasteiger partial charge is 0.356 e. The van der Waals surface area contributed by atoms with E-state index in [1.165, 1.54) is 12.8 Å². The number of nitrogens with zero attached hydrogens (tertiary/aromatic N) is 3. The van der Waals surface area contributed by atoms with Crippen LogP contribution in [0.1, 0.15) is 25.3 Å². The average Bonchev–Trinajstić information content (AvgIpc) is 3.27. The van der Waals surface area contributed by atoms with Gasteiger partial charge in [0.15, 0.2) is 0 Å². The van der Waals surface area contributed by atoms with Crippen LogP contribution in [0, 0.1) is 17.2 Å². The Morgan fingerprint density at radius 1 is 1.37 bits per heavy atom. The van der Waals surface area contributed by atoms with E-state index in [-0.39, 0.29) is 0 Å². The quantitative estimate of drug-likeness (QED) is 0.836. The Bertz CT molecular complexity index is 638. The molecule has 19 heavy (non-hydrogen) atoms. The molecule has 1 fully saturated rings. The van der Waals surface area contributed by atoms with Crippen LogP contribution in [0.15, 0.2) is 30.3 Å². The zero-order chi connectivity index (χ0) is 13.2. The van der Waals surface area contributed by atoms with Crippen molar-refractivity contribution in [1.82, 2.24) is 4.98 Å². The third kappa shape index (κ3) is 2.39. The minimum atomic E-state index is 0.682. The molecule has 1 aromatic carbocycles. The lowest BCUT2D eigenvalue weighted by atomic mass is 10.1. The van der Waals surface area contributed by atoms with Gasteiger partial charge in [-0.05, 0) is 37.8 Å². The van der Waals surface area contributed by atoms with Crippen LogP contribution in [0.3, 0.4) is 0 Å². The number of rotatable bonds is 4. The molecule has 1 aromatic heterocycles. The highest BCUT2D eigenvalue weighted by molar-refractivity contribution is 5.83. The summed E-state index contributed by atoms with van der Waals surface area (Å²) >= 11 is 0. The van der Waals surface area contributed by atoms with E-state index in [0.717, 1.165) is 35.7 Å². The Balaban J connectivity index is 2.06. The molecule has 1 aliphatic carbocycles. The lowest BCUT2D eigenvalue weighted by Gasteiger charge is -2.23. The smallest absolute Gasteiger partial charge is 0.147 e. The van der Waals surface area contributed by atoms with E-state index in [4.69, 9.17) is 4.98 Å². The number of hydrogen-bond donors (Lipinski definition) is 0. The van der Waals surface area contributed by atoms with Gasteiger partial charge in [-0.1, -0.05) is 18.2 Å². The maximum Gasteiger partial charge on any atom is 0.147 e.